The number of aromatic nitrogens is 2. The van der Waals surface area contributed by atoms with Gasteiger partial charge in [-0.1, -0.05) is 22.4 Å². The summed E-state index contributed by atoms with van der Waals surface area (Å²) in [6.07, 6.45) is 4.87. The summed E-state index contributed by atoms with van der Waals surface area (Å²) in [6, 6.07) is 8.03. The van der Waals surface area contributed by atoms with E-state index in [-0.39, 0.29) is 24.4 Å². The molecule has 0 aliphatic heterocycles. The Balaban J connectivity index is 0.00000208. The summed E-state index contributed by atoms with van der Waals surface area (Å²) < 4.78 is 2.80. The zero-order chi connectivity index (χ0) is 16.4. The molecule has 0 saturated heterocycles. The molecule has 3 N–H and O–H groups in total. The summed E-state index contributed by atoms with van der Waals surface area (Å²) in [6.45, 7) is 2.54. The van der Waals surface area contributed by atoms with E-state index in [0.717, 1.165) is 35.1 Å². The van der Waals surface area contributed by atoms with E-state index >= 15 is 0 Å². The highest BCUT2D eigenvalue weighted by atomic mass is 79.9. The van der Waals surface area contributed by atoms with Crippen LogP contribution in [0.4, 0.5) is 0 Å². The van der Waals surface area contributed by atoms with E-state index < -0.39 is 0 Å². The zero-order valence-electron chi connectivity index (χ0n) is 13.5. The number of nitrogens with zero attached hydrogens (tertiary/aromatic N) is 2. The van der Waals surface area contributed by atoms with Crippen LogP contribution >= 0.6 is 28.3 Å². The molecule has 1 aromatic heterocycles. The average molecular weight is 414 g/mol. The molecule has 0 bridgehead atoms. The quantitative estimate of drug-likeness (QED) is 0.808. The Bertz CT molecular complexity index is 701. The largest absolute Gasteiger partial charge is 0.349 e. The van der Waals surface area contributed by atoms with E-state index in [2.05, 4.69) is 26.3 Å². The van der Waals surface area contributed by atoms with Crippen molar-refractivity contribution in [3.63, 3.8) is 0 Å². The Hall–Kier alpha value is -1.37. The van der Waals surface area contributed by atoms with E-state index in [1.54, 1.807) is 10.9 Å². The number of amides is 1. The predicted molar refractivity (Wildman–Crippen MR) is 101 cm³/mol. The van der Waals surface area contributed by atoms with E-state index in [0.29, 0.717) is 18.0 Å². The SMILES string of the molecule is Cc1c(C(=O)NC2CCCC2CN)cnn1-c1ccc(Br)cc1.Cl. The minimum atomic E-state index is -0.0591. The molecule has 1 fully saturated rings. The molecule has 24 heavy (non-hydrogen) atoms. The first-order chi connectivity index (χ1) is 11.1. The lowest BCUT2D eigenvalue weighted by Gasteiger charge is -2.19. The van der Waals surface area contributed by atoms with Crippen molar-refractivity contribution in [1.29, 1.82) is 0 Å². The van der Waals surface area contributed by atoms with Crippen molar-refractivity contribution in [2.75, 3.05) is 6.54 Å². The number of carbonyl (C=O) groups excluding carboxylic acids is 1. The normalized spacial score (nSPS) is 19.8. The monoisotopic (exact) mass is 412 g/mol. The minimum absolute atomic E-state index is 0. The van der Waals surface area contributed by atoms with Crippen LogP contribution in [0.3, 0.4) is 0 Å². The van der Waals surface area contributed by atoms with Gasteiger partial charge in [-0.2, -0.15) is 5.10 Å². The predicted octanol–water partition coefficient (Wildman–Crippen LogP) is 3.22. The first kappa shape index (κ1) is 19.0. The van der Waals surface area contributed by atoms with Crippen LogP contribution in [0, 0.1) is 12.8 Å². The van der Waals surface area contributed by atoms with Gasteiger partial charge in [-0.3, -0.25) is 4.79 Å². The van der Waals surface area contributed by atoms with Crippen molar-refractivity contribution in [3.05, 3.63) is 46.2 Å². The highest BCUT2D eigenvalue weighted by Crippen LogP contribution is 2.25. The smallest absolute Gasteiger partial charge is 0.254 e. The molecule has 0 radical (unpaired) electrons. The van der Waals surface area contributed by atoms with Gasteiger partial charge in [-0.05, 0) is 56.5 Å². The van der Waals surface area contributed by atoms with Crippen LogP contribution in [0.2, 0.25) is 0 Å². The first-order valence-corrected chi connectivity index (χ1v) is 8.71. The summed E-state index contributed by atoms with van der Waals surface area (Å²) in [7, 11) is 0. The summed E-state index contributed by atoms with van der Waals surface area (Å²) in [5.41, 5.74) is 8.19. The van der Waals surface area contributed by atoms with Crippen LogP contribution in [0.15, 0.2) is 34.9 Å². The Labute approximate surface area is 156 Å². The number of hydrogen-bond donors (Lipinski definition) is 2. The van der Waals surface area contributed by atoms with Crippen LogP contribution in [0.1, 0.15) is 35.3 Å². The van der Waals surface area contributed by atoms with Crippen LogP contribution in [0.25, 0.3) is 5.69 Å². The van der Waals surface area contributed by atoms with Crippen molar-refractivity contribution in [2.24, 2.45) is 11.7 Å². The number of carbonyl (C=O) groups is 1. The fourth-order valence-corrected chi connectivity index (χ4v) is 3.49. The van der Waals surface area contributed by atoms with Gasteiger partial charge >= 0.3 is 0 Å². The Morgan fingerprint density at radius 2 is 2.08 bits per heavy atom. The summed E-state index contributed by atoms with van der Waals surface area (Å²) >= 11 is 3.42. The molecule has 2 atom stereocenters. The van der Waals surface area contributed by atoms with Gasteiger partial charge in [-0.15, -0.1) is 12.4 Å². The third-order valence-electron chi connectivity index (χ3n) is 4.60. The fraction of sp³-hybridized carbons (Fsp3) is 0.412. The van der Waals surface area contributed by atoms with E-state index in [1.807, 2.05) is 31.2 Å². The fourth-order valence-electron chi connectivity index (χ4n) is 3.23. The van der Waals surface area contributed by atoms with Crippen molar-refractivity contribution in [3.8, 4) is 5.69 Å². The summed E-state index contributed by atoms with van der Waals surface area (Å²) in [5.74, 6) is 0.331. The Morgan fingerprint density at radius 1 is 1.38 bits per heavy atom. The summed E-state index contributed by atoms with van der Waals surface area (Å²) in [5, 5.41) is 7.50. The van der Waals surface area contributed by atoms with Crippen LogP contribution < -0.4 is 11.1 Å². The lowest BCUT2D eigenvalue weighted by molar-refractivity contribution is 0.0928. The second kappa shape index (κ2) is 8.14. The molecule has 5 nitrogen and oxygen atoms in total. The third-order valence-corrected chi connectivity index (χ3v) is 5.13. The van der Waals surface area contributed by atoms with E-state index in [1.165, 1.54) is 0 Å². The maximum atomic E-state index is 12.6. The maximum Gasteiger partial charge on any atom is 0.254 e. The highest BCUT2D eigenvalue weighted by molar-refractivity contribution is 9.10. The number of halogens is 2. The summed E-state index contributed by atoms with van der Waals surface area (Å²) in [4.78, 5) is 12.6. The van der Waals surface area contributed by atoms with Crippen LogP contribution in [-0.4, -0.2) is 28.3 Å². The average Bonchev–Trinajstić information content (AvgIpc) is 3.14. The molecule has 130 valence electrons. The number of nitrogens with one attached hydrogen (secondary N) is 1. The molecular weight excluding hydrogens is 392 g/mol. The van der Waals surface area contributed by atoms with Crippen LogP contribution in [-0.2, 0) is 0 Å². The van der Waals surface area contributed by atoms with E-state index in [9.17, 15) is 4.79 Å². The molecular formula is C17H22BrClN4O. The molecule has 2 unspecified atom stereocenters. The second-order valence-electron chi connectivity index (χ2n) is 6.04. The van der Waals surface area contributed by atoms with Gasteiger partial charge < -0.3 is 11.1 Å². The maximum absolute atomic E-state index is 12.6. The van der Waals surface area contributed by atoms with Crippen molar-refractivity contribution >= 4 is 34.2 Å². The van der Waals surface area contributed by atoms with Gasteiger partial charge in [0.25, 0.3) is 5.91 Å². The van der Waals surface area contributed by atoms with Crippen molar-refractivity contribution < 1.29 is 4.79 Å². The molecule has 3 rings (SSSR count). The molecule has 1 aliphatic rings. The Morgan fingerprint density at radius 3 is 2.75 bits per heavy atom. The second-order valence-corrected chi connectivity index (χ2v) is 6.95. The van der Waals surface area contributed by atoms with Crippen molar-refractivity contribution in [2.45, 2.75) is 32.2 Å². The minimum Gasteiger partial charge on any atom is -0.349 e. The molecule has 1 heterocycles. The van der Waals surface area contributed by atoms with Crippen molar-refractivity contribution in [1.82, 2.24) is 15.1 Å². The van der Waals surface area contributed by atoms with Gasteiger partial charge in [0.1, 0.15) is 0 Å². The molecule has 7 heteroatoms. The zero-order valence-corrected chi connectivity index (χ0v) is 15.9. The number of benzene rings is 1. The number of rotatable bonds is 4. The highest BCUT2D eigenvalue weighted by Gasteiger charge is 2.28. The van der Waals surface area contributed by atoms with E-state index in [4.69, 9.17) is 5.73 Å². The van der Waals surface area contributed by atoms with Crippen LogP contribution in [0.5, 0.6) is 0 Å². The lowest BCUT2D eigenvalue weighted by atomic mass is 10.0. The lowest BCUT2D eigenvalue weighted by Crippen LogP contribution is -2.40. The molecule has 0 spiro atoms. The van der Waals surface area contributed by atoms with Gasteiger partial charge in [0.15, 0.2) is 0 Å². The van der Waals surface area contributed by atoms with Gasteiger partial charge in [0, 0.05) is 10.5 Å². The topological polar surface area (TPSA) is 72.9 Å². The molecule has 2 aromatic rings. The molecule has 1 saturated carbocycles. The third kappa shape index (κ3) is 3.82. The molecule has 1 amide bonds. The molecule has 1 aliphatic carbocycles. The Kier molecular flexibility index (Phi) is 6.43. The van der Waals surface area contributed by atoms with Gasteiger partial charge in [0.2, 0.25) is 0 Å². The van der Waals surface area contributed by atoms with Gasteiger partial charge in [-0.25, -0.2) is 4.68 Å². The number of hydrogen-bond acceptors (Lipinski definition) is 3. The molecule has 1 aromatic carbocycles. The standard InChI is InChI=1S/C17H21BrN4O.ClH/c1-11-15(17(23)21-16-4-2-3-12(16)9-19)10-20-22(11)14-7-5-13(18)6-8-14;/h5-8,10,12,16H,2-4,9,19H2,1H3,(H,21,23);1H. The number of nitrogens with two attached hydrogens (primary N) is 1. The first-order valence-electron chi connectivity index (χ1n) is 7.91. The van der Waals surface area contributed by atoms with Gasteiger partial charge in [0.05, 0.1) is 23.1 Å².